The first kappa shape index (κ1) is 12.3. The first-order valence-electron chi connectivity index (χ1n) is 4.72. The van der Waals surface area contributed by atoms with E-state index in [1.165, 1.54) is 25.3 Å². The van der Waals surface area contributed by atoms with Gasteiger partial charge in [0.05, 0.1) is 17.6 Å². The summed E-state index contributed by atoms with van der Waals surface area (Å²) in [7, 11) is 1.47. The molecular weight excluding hydrogens is 214 g/mol. The molecule has 6 nitrogen and oxygen atoms in total. The first-order chi connectivity index (χ1) is 7.69. The van der Waals surface area contributed by atoms with Gasteiger partial charge in [0.1, 0.15) is 0 Å². The van der Waals surface area contributed by atoms with Gasteiger partial charge in [0.25, 0.3) is 5.69 Å². The minimum absolute atomic E-state index is 0.0151. The van der Waals surface area contributed by atoms with Crippen molar-refractivity contribution in [1.82, 2.24) is 0 Å². The Bertz CT molecular complexity index is 366. The maximum absolute atomic E-state index is 10.6. The van der Waals surface area contributed by atoms with Gasteiger partial charge >= 0.3 is 0 Å². The molecule has 88 valence electrons. The number of nitrogens with zero attached hydrogens (tertiary/aromatic N) is 1. The Morgan fingerprint density at radius 2 is 2.06 bits per heavy atom. The number of benzene rings is 1. The van der Waals surface area contributed by atoms with Crippen molar-refractivity contribution in [3.05, 3.63) is 28.3 Å². The molecule has 0 bridgehead atoms. The van der Waals surface area contributed by atoms with Crippen LogP contribution in [-0.2, 0) is 4.74 Å². The molecule has 0 fully saturated rings. The number of non-ortho nitro benzene ring substituents is 1. The Labute approximate surface area is 92.9 Å². The Morgan fingerprint density at radius 3 is 2.62 bits per heavy atom. The number of ether oxygens (including phenoxy) is 3. The van der Waals surface area contributed by atoms with Crippen LogP contribution in [0.15, 0.2) is 18.2 Å². The molecule has 16 heavy (non-hydrogen) atoms. The van der Waals surface area contributed by atoms with Crippen LogP contribution >= 0.6 is 0 Å². The average molecular weight is 227 g/mol. The minimum atomic E-state index is -0.491. The van der Waals surface area contributed by atoms with Crippen molar-refractivity contribution in [2.24, 2.45) is 0 Å². The maximum atomic E-state index is 10.6. The Balaban J connectivity index is 2.95. The lowest BCUT2D eigenvalue weighted by Gasteiger charge is -2.10. The van der Waals surface area contributed by atoms with Crippen molar-refractivity contribution in [3.8, 4) is 11.5 Å². The second-order valence-electron chi connectivity index (χ2n) is 2.87. The second-order valence-corrected chi connectivity index (χ2v) is 2.87. The number of hydrogen-bond donors (Lipinski definition) is 0. The van der Waals surface area contributed by atoms with Crippen LogP contribution in [-0.4, -0.2) is 25.4 Å². The first-order valence-corrected chi connectivity index (χ1v) is 4.72. The molecule has 0 spiro atoms. The maximum Gasteiger partial charge on any atom is 0.273 e. The van der Waals surface area contributed by atoms with Crippen LogP contribution in [0.4, 0.5) is 5.69 Å². The molecule has 6 heteroatoms. The molecule has 0 saturated heterocycles. The van der Waals surface area contributed by atoms with Gasteiger partial charge in [0.15, 0.2) is 18.3 Å². The highest BCUT2D eigenvalue weighted by Crippen LogP contribution is 2.31. The highest BCUT2D eigenvalue weighted by Gasteiger charge is 2.12. The summed E-state index contributed by atoms with van der Waals surface area (Å²) < 4.78 is 15.2. The molecule has 0 heterocycles. The standard InChI is InChI=1S/C10H13NO5/c1-3-15-9-5-4-8(11(12)13)6-10(9)16-7-14-2/h4-6H,3,7H2,1-2H3. The van der Waals surface area contributed by atoms with Gasteiger partial charge in [-0.1, -0.05) is 0 Å². The van der Waals surface area contributed by atoms with Crippen LogP contribution in [0.3, 0.4) is 0 Å². The summed E-state index contributed by atoms with van der Waals surface area (Å²) in [6.07, 6.45) is 0. The van der Waals surface area contributed by atoms with Crippen molar-refractivity contribution in [2.75, 3.05) is 20.5 Å². The third-order valence-electron chi connectivity index (χ3n) is 1.77. The predicted octanol–water partition coefficient (Wildman–Crippen LogP) is 1.98. The molecule has 0 atom stereocenters. The van der Waals surface area contributed by atoms with E-state index in [0.717, 1.165) is 0 Å². The van der Waals surface area contributed by atoms with E-state index in [0.29, 0.717) is 18.1 Å². The van der Waals surface area contributed by atoms with Crippen molar-refractivity contribution in [3.63, 3.8) is 0 Å². The van der Waals surface area contributed by atoms with Crippen LogP contribution in [0.2, 0.25) is 0 Å². The lowest BCUT2D eigenvalue weighted by Crippen LogP contribution is -2.02. The molecular formula is C10H13NO5. The molecule has 1 aromatic carbocycles. The zero-order valence-electron chi connectivity index (χ0n) is 9.13. The van der Waals surface area contributed by atoms with E-state index in [9.17, 15) is 10.1 Å². The van der Waals surface area contributed by atoms with Crippen molar-refractivity contribution in [2.45, 2.75) is 6.92 Å². The third kappa shape index (κ3) is 3.09. The van der Waals surface area contributed by atoms with Gasteiger partial charge < -0.3 is 14.2 Å². The van der Waals surface area contributed by atoms with Crippen LogP contribution < -0.4 is 9.47 Å². The van der Waals surface area contributed by atoms with E-state index in [2.05, 4.69) is 0 Å². The number of nitro benzene ring substituents is 1. The van der Waals surface area contributed by atoms with E-state index < -0.39 is 4.92 Å². The molecule has 0 radical (unpaired) electrons. The molecule has 0 aliphatic carbocycles. The monoisotopic (exact) mass is 227 g/mol. The molecule has 0 unspecified atom stereocenters. The summed E-state index contributed by atoms with van der Waals surface area (Å²) in [6, 6.07) is 4.18. The van der Waals surface area contributed by atoms with E-state index in [1.54, 1.807) is 0 Å². The van der Waals surface area contributed by atoms with Gasteiger partial charge in [-0.2, -0.15) is 0 Å². The number of hydrogen-bond acceptors (Lipinski definition) is 5. The predicted molar refractivity (Wildman–Crippen MR) is 56.8 cm³/mol. The lowest BCUT2D eigenvalue weighted by atomic mass is 10.3. The van der Waals surface area contributed by atoms with Gasteiger partial charge in [-0.05, 0) is 13.0 Å². The molecule has 1 aromatic rings. The van der Waals surface area contributed by atoms with Gasteiger partial charge in [0.2, 0.25) is 0 Å². The summed E-state index contributed by atoms with van der Waals surface area (Å²) >= 11 is 0. The van der Waals surface area contributed by atoms with Crippen LogP contribution in [0.25, 0.3) is 0 Å². The molecule has 0 aliphatic rings. The fourth-order valence-corrected chi connectivity index (χ4v) is 1.12. The highest BCUT2D eigenvalue weighted by atomic mass is 16.7. The molecule has 0 aliphatic heterocycles. The molecule has 0 N–H and O–H groups in total. The summed E-state index contributed by atoms with van der Waals surface area (Å²) in [6.45, 7) is 2.30. The number of methoxy groups -OCH3 is 1. The summed E-state index contributed by atoms with van der Waals surface area (Å²) in [5.74, 6) is 0.767. The lowest BCUT2D eigenvalue weighted by molar-refractivity contribution is -0.385. The average Bonchev–Trinajstić information content (AvgIpc) is 2.27. The Kier molecular flexibility index (Phi) is 4.53. The van der Waals surface area contributed by atoms with E-state index >= 15 is 0 Å². The third-order valence-corrected chi connectivity index (χ3v) is 1.77. The number of nitro groups is 1. The highest BCUT2D eigenvalue weighted by molar-refractivity contribution is 5.48. The van der Waals surface area contributed by atoms with E-state index in [1.807, 2.05) is 6.92 Å². The van der Waals surface area contributed by atoms with Crippen molar-refractivity contribution in [1.29, 1.82) is 0 Å². The summed E-state index contributed by atoms with van der Waals surface area (Å²) in [5.41, 5.74) is -0.0467. The molecule has 0 aromatic heterocycles. The topological polar surface area (TPSA) is 70.8 Å². The van der Waals surface area contributed by atoms with Crippen molar-refractivity contribution < 1.29 is 19.1 Å². The van der Waals surface area contributed by atoms with Crippen LogP contribution in [0.1, 0.15) is 6.92 Å². The van der Waals surface area contributed by atoms with Gasteiger partial charge in [-0.25, -0.2) is 0 Å². The number of rotatable bonds is 6. The van der Waals surface area contributed by atoms with Crippen LogP contribution in [0.5, 0.6) is 11.5 Å². The minimum Gasteiger partial charge on any atom is -0.490 e. The van der Waals surface area contributed by atoms with E-state index in [4.69, 9.17) is 14.2 Å². The second kappa shape index (κ2) is 5.92. The zero-order chi connectivity index (χ0) is 12.0. The molecule has 0 amide bonds. The Hall–Kier alpha value is -1.82. The summed E-state index contributed by atoms with van der Waals surface area (Å²) in [4.78, 5) is 10.1. The van der Waals surface area contributed by atoms with Gasteiger partial charge in [-0.3, -0.25) is 10.1 Å². The quantitative estimate of drug-likeness (QED) is 0.422. The SMILES string of the molecule is CCOc1ccc([N+](=O)[O-])cc1OCOC. The van der Waals surface area contributed by atoms with Crippen molar-refractivity contribution >= 4 is 5.69 Å². The van der Waals surface area contributed by atoms with E-state index in [-0.39, 0.29) is 12.5 Å². The van der Waals surface area contributed by atoms with Gasteiger partial charge in [0, 0.05) is 13.2 Å². The van der Waals surface area contributed by atoms with Gasteiger partial charge in [-0.15, -0.1) is 0 Å². The normalized spacial score (nSPS) is 9.88. The van der Waals surface area contributed by atoms with Crippen LogP contribution in [0, 0.1) is 10.1 Å². The molecule has 1 rings (SSSR count). The smallest absolute Gasteiger partial charge is 0.273 e. The summed E-state index contributed by atoms with van der Waals surface area (Å²) in [5, 5.41) is 10.6. The molecule has 0 saturated carbocycles. The fourth-order valence-electron chi connectivity index (χ4n) is 1.12. The fraction of sp³-hybridized carbons (Fsp3) is 0.400. The largest absolute Gasteiger partial charge is 0.490 e. The Morgan fingerprint density at radius 1 is 1.31 bits per heavy atom. The zero-order valence-corrected chi connectivity index (χ0v) is 9.13.